The number of hydrogen-bond donors (Lipinski definition) is 2. The number of aliphatic imine (C=N–C) groups is 1. The van der Waals surface area contributed by atoms with E-state index in [1.807, 2.05) is 18.2 Å². The number of pyridine rings is 2. The minimum atomic E-state index is 0.0162. The molecular formula is C15H18BrN5S. The van der Waals surface area contributed by atoms with E-state index in [0.717, 1.165) is 15.5 Å². The number of nitrogens with zero attached hydrogens (tertiary/aromatic N) is 3. The molecule has 2 aromatic rings. The van der Waals surface area contributed by atoms with Crippen LogP contribution >= 0.6 is 27.7 Å². The van der Waals surface area contributed by atoms with Crippen molar-refractivity contribution in [3.63, 3.8) is 0 Å². The van der Waals surface area contributed by atoms with Crippen LogP contribution in [0.25, 0.3) is 11.0 Å². The SMILES string of the molecule is NC(=Nc1ccc2ncc(Br)cc2n1)SC(N)C1CCCC1. The average Bonchev–Trinajstić information content (AvgIpc) is 3.01. The van der Waals surface area contributed by atoms with E-state index in [1.54, 1.807) is 6.20 Å². The zero-order valence-electron chi connectivity index (χ0n) is 12.1. The molecule has 22 heavy (non-hydrogen) atoms. The standard InChI is InChI=1S/C15H18BrN5S/c16-10-7-12-11(19-8-10)5-6-13(20-12)21-15(18)22-14(17)9-3-1-2-4-9/h5-9,14H,1-4,17H2,(H2,18,20,21). The number of aromatic nitrogens is 2. The Morgan fingerprint density at radius 2 is 2.09 bits per heavy atom. The Labute approximate surface area is 142 Å². The summed E-state index contributed by atoms with van der Waals surface area (Å²) in [7, 11) is 0. The van der Waals surface area contributed by atoms with E-state index in [9.17, 15) is 0 Å². The molecule has 2 heterocycles. The fourth-order valence-corrected chi connectivity index (χ4v) is 3.90. The van der Waals surface area contributed by atoms with Gasteiger partial charge in [0.1, 0.15) is 0 Å². The van der Waals surface area contributed by atoms with Crippen molar-refractivity contribution in [1.82, 2.24) is 9.97 Å². The maximum absolute atomic E-state index is 6.21. The molecule has 1 atom stereocenters. The minimum absolute atomic E-state index is 0.0162. The van der Waals surface area contributed by atoms with Gasteiger partial charge in [-0.1, -0.05) is 24.6 Å². The molecule has 3 rings (SSSR count). The maximum Gasteiger partial charge on any atom is 0.162 e. The fraction of sp³-hybridized carbons (Fsp3) is 0.400. The van der Waals surface area contributed by atoms with Crippen molar-refractivity contribution in [1.29, 1.82) is 0 Å². The molecule has 0 aromatic carbocycles. The van der Waals surface area contributed by atoms with Crippen molar-refractivity contribution in [2.75, 3.05) is 0 Å². The van der Waals surface area contributed by atoms with Crippen LogP contribution in [0.2, 0.25) is 0 Å². The number of thioether (sulfide) groups is 1. The molecule has 2 aromatic heterocycles. The summed E-state index contributed by atoms with van der Waals surface area (Å²) in [6.07, 6.45) is 6.66. The van der Waals surface area contributed by atoms with Crippen molar-refractivity contribution < 1.29 is 0 Å². The molecule has 0 aliphatic heterocycles. The highest BCUT2D eigenvalue weighted by Crippen LogP contribution is 2.31. The zero-order chi connectivity index (χ0) is 15.5. The monoisotopic (exact) mass is 379 g/mol. The number of hydrogen-bond acceptors (Lipinski definition) is 5. The minimum Gasteiger partial charge on any atom is -0.378 e. The Balaban J connectivity index is 1.75. The molecule has 1 aliphatic rings. The van der Waals surface area contributed by atoms with Crippen LogP contribution in [0.5, 0.6) is 0 Å². The molecule has 0 bridgehead atoms. The van der Waals surface area contributed by atoms with E-state index in [2.05, 4.69) is 30.9 Å². The van der Waals surface area contributed by atoms with Gasteiger partial charge >= 0.3 is 0 Å². The van der Waals surface area contributed by atoms with Gasteiger partial charge in [0, 0.05) is 10.7 Å². The van der Waals surface area contributed by atoms with E-state index in [-0.39, 0.29) is 5.37 Å². The predicted octanol–water partition coefficient (Wildman–Crippen LogP) is 3.55. The van der Waals surface area contributed by atoms with Gasteiger partial charge < -0.3 is 11.5 Å². The average molecular weight is 380 g/mol. The number of amidine groups is 1. The third-order valence-corrected chi connectivity index (χ3v) is 5.26. The molecular weight excluding hydrogens is 362 g/mol. The molecule has 1 unspecified atom stereocenters. The highest BCUT2D eigenvalue weighted by atomic mass is 79.9. The van der Waals surface area contributed by atoms with Crippen LogP contribution in [0.15, 0.2) is 33.9 Å². The van der Waals surface area contributed by atoms with Crippen molar-refractivity contribution in [2.45, 2.75) is 31.1 Å². The second-order valence-electron chi connectivity index (χ2n) is 5.44. The fourth-order valence-electron chi connectivity index (χ4n) is 2.69. The van der Waals surface area contributed by atoms with Gasteiger partial charge in [-0.25, -0.2) is 9.98 Å². The van der Waals surface area contributed by atoms with E-state index in [4.69, 9.17) is 11.5 Å². The van der Waals surface area contributed by atoms with Crippen LogP contribution in [-0.4, -0.2) is 20.5 Å². The first-order chi connectivity index (χ1) is 10.6. The second-order valence-corrected chi connectivity index (χ2v) is 7.55. The number of nitrogens with two attached hydrogens (primary N) is 2. The molecule has 0 spiro atoms. The van der Waals surface area contributed by atoms with Gasteiger partial charge in [0.25, 0.3) is 0 Å². The Hall–Kier alpha value is -1.18. The smallest absolute Gasteiger partial charge is 0.162 e. The summed E-state index contributed by atoms with van der Waals surface area (Å²) in [5.74, 6) is 1.12. The first kappa shape index (κ1) is 15.7. The van der Waals surface area contributed by atoms with Gasteiger partial charge in [-0.2, -0.15) is 0 Å². The van der Waals surface area contributed by atoms with Crippen molar-refractivity contribution in [3.8, 4) is 0 Å². The quantitative estimate of drug-likeness (QED) is 0.483. The van der Waals surface area contributed by atoms with Gasteiger partial charge in [0.05, 0.1) is 16.4 Å². The molecule has 0 radical (unpaired) electrons. The predicted molar refractivity (Wildman–Crippen MR) is 96.0 cm³/mol. The summed E-state index contributed by atoms with van der Waals surface area (Å²) in [6.45, 7) is 0. The lowest BCUT2D eigenvalue weighted by molar-refractivity contribution is 0.532. The van der Waals surface area contributed by atoms with E-state index in [0.29, 0.717) is 16.9 Å². The number of rotatable bonds is 3. The Kier molecular flexibility index (Phi) is 4.95. The summed E-state index contributed by atoms with van der Waals surface area (Å²) >= 11 is 4.84. The Morgan fingerprint density at radius 1 is 1.32 bits per heavy atom. The third kappa shape index (κ3) is 3.77. The largest absolute Gasteiger partial charge is 0.378 e. The lowest BCUT2D eigenvalue weighted by atomic mass is 10.1. The van der Waals surface area contributed by atoms with E-state index >= 15 is 0 Å². The van der Waals surface area contributed by atoms with Gasteiger partial charge in [-0.3, -0.25) is 4.98 Å². The van der Waals surface area contributed by atoms with E-state index < -0.39 is 0 Å². The molecule has 0 saturated heterocycles. The van der Waals surface area contributed by atoms with Gasteiger partial charge in [0.15, 0.2) is 11.0 Å². The van der Waals surface area contributed by atoms with Gasteiger partial charge in [-0.05, 0) is 52.9 Å². The Morgan fingerprint density at radius 3 is 2.86 bits per heavy atom. The van der Waals surface area contributed by atoms with Crippen LogP contribution < -0.4 is 11.5 Å². The lowest BCUT2D eigenvalue weighted by Crippen LogP contribution is -2.28. The van der Waals surface area contributed by atoms with Crippen molar-refractivity contribution >= 4 is 49.7 Å². The van der Waals surface area contributed by atoms with Crippen molar-refractivity contribution in [3.05, 3.63) is 28.9 Å². The van der Waals surface area contributed by atoms with E-state index in [1.165, 1.54) is 37.4 Å². The summed E-state index contributed by atoms with van der Waals surface area (Å²) in [5, 5.41) is 0.483. The van der Waals surface area contributed by atoms with Gasteiger partial charge in [-0.15, -0.1) is 0 Å². The van der Waals surface area contributed by atoms with Crippen LogP contribution in [0, 0.1) is 5.92 Å². The van der Waals surface area contributed by atoms with Crippen molar-refractivity contribution in [2.24, 2.45) is 22.4 Å². The lowest BCUT2D eigenvalue weighted by Gasteiger charge is -2.17. The topological polar surface area (TPSA) is 90.2 Å². The summed E-state index contributed by atoms with van der Waals surface area (Å²) in [5.41, 5.74) is 13.8. The maximum atomic E-state index is 6.21. The van der Waals surface area contributed by atoms with Crippen LogP contribution in [0.1, 0.15) is 25.7 Å². The normalized spacial score (nSPS) is 18.0. The first-order valence-corrected chi connectivity index (χ1v) is 8.98. The van der Waals surface area contributed by atoms with Crippen LogP contribution in [0.4, 0.5) is 5.82 Å². The Bertz CT molecular complexity index is 699. The molecule has 116 valence electrons. The summed E-state index contributed by atoms with van der Waals surface area (Å²) in [4.78, 5) is 13.1. The van der Waals surface area contributed by atoms with Crippen LogP contribution in [-0.2, 0) is 0 Å². The highest BCUT2D eigenvalue weighted by Gasteiger charge is 2.23. The first-order valence-electron chi connectivity index (χ1n) is 7.30. The van der Waals surface area contributed by atoms with Gasteiger partial charge in [0.2, 0.25) is 0 Å². The molecule has 7 heteroatoms. The molecule has 4 N–H and O–H groups in total. The summed E-state index contributed by atoms with van der Waals surface area (Å²) in [6, 6.07) is 5.62. The number of halogens is 1. The summed E-state index contributed by atoms with van der Waals surface area (Å²) < 4.78 is 0.888. The molecule has 0 amide bonds. The van der Waals surface area contributed by atoms with Crippen LogP contribution in [0.3, 0.4) is 0 Å². The molecule has 1 aliphatic carbocycles. The third-order valence-electron chi connectivity index (χ3n) is 3.84. The number of fused-ring (bicyclic) bond motifs is 1. The second kappa shape index (κ2) is 6.93. The highest BCUT2D eigenvalue weighted by molar-refractivity contribution is 9.10. The molecule has 5 nitrogen and oxygen atoms in total. The molecule has 1 fully saturated rings. The molecule has 1 saturated carbocycles. The zero-order valence-corrected chi connectivity index (χ0v) is 14.5.